The molecule has 0 saturated heterocycles. The molecule has 0 unspecified atom stereocenters. The third kappa shape index (κ3) is 6.27. The summed E-state index contributed by atoms with van der Waals surface area (Å²) in [4.78, 5) is 34.5. The van der Waals surface area contributed by atoms with Crippen LogP contribution in [0.3, 0.4) is 0 Å². The second-order valence-corrected chi connectivity index (χ2v) is 6.40. The fourth-order valence-corrected chi connectivity index (χ4v) is 2.82. The summed E-state index contributed by atoms with van der Waals surface area (Å²) in [5, 5.41) is 3.59. The van der Waals surface area contributed by atoms with Crippen LogP contribution in [0.4, 0.5) is 0 Å². The molecular weight excluding hydrogens is 393 g/mol. The quantitative estimate of drug-likeness (QED) is 0.531. The van der Waals surface area contributed by atoms with Crippen molar-refractivity contribution in [3.05, 3.63) is 63.6 Å². The lowest BCUT2D eigenvalue weighted by Gasteiger charge is -2.16. The first-order valence-corrected chi connectivity index (χ1v) is 8.73. The smallest absolute Gasteiger partial charge is 0.344 e. The number of nitrogens with one attached hydrogen (secondary N) is 1. The minimum Gasteiger partial charge on any atom is -0.481 e. The molecule has 0 bridgehead atoms. The number of rotatable bonds is 8. The molecule has 142 valence electrons. The van der Waals surface area contributed by atoms with Gasteiger partial charge in [-0.3, -0.25) is 9.59 Å². The highest BCUT2D eigenvalue weighted by atomic mass is 35.5. The molecule has 0 aliphatic heterocycles. The first-order valence-electron chi connectivity index (χ1n) is 7.97. The molecule has 1 atom stereocenters. The molecular formula is C19H17Cl2NO5. The summed E-state index contributed by atoms with van der Waals surface area (Å²) >= 11 is 11.9. The van der Waals surface area contributed by atoms with Crippen LogP contribution >= 0.6 is 23.2 Å². The average molecular weight is 410 g/mol. The maximum atomic E-state index is 11.9. The number of aldehydes is 1. The molecule has 0 heterocycles. The summed E-state index contributed by atoms with van der Waals surface area (Å²) in [5.41, 5.74) is 1.01. The van der Waals surface area contributed by atoms with Crippen LogP contribution in [0.2, 0.25) is 10.0 Å². The molecule has 1 N–H and O–H groups in total. The van der Waals surface area contributed by atoms with E-state index in [1.54, 1.807) is 49.4 Å². The third-order valence-electron chi connectivity index (χ3n) is 3.56. The van der Waals surface area contributed by atoms with Gasteiger partial charge in [-0.1, -0.05) is 41.4 Å². The zero-order valence-corrected chi connectivity index (χ0v) is 15.9. The van der Waals surface area contributed by atoms with Gasteiger partial charge in [0.05, 0.1) is 11.6 Å². The molecule has 0 fully saturated rings. The van der Waals surface area contributed by atoms with Crippen LogP contribution in [0.5, 0.6) is 5.75 Å². The predicted molar refractivity (Wildman–Crippen MR) is 101 cm³/mol. The number of carbonyl (C=O) groups excluding carboxylic acids is 3. The van der Waals surface area contributed by atoms with Crippen molar-refractivity contribution in [1.82, 2.24) is 5.32 Å². The van der Waals surface area contributed by atoms with E-state index in [2.05, 4.69) is 5.32 Å². The Kier molecular flexibility index (Phi) is 7.64. The van der Waals surface area contributed by atoms with E-state index in [4.69, 9.17) is 32.7 Å². The largest absolute Gasteiger partial charge is 0.481 e. The van der Waals surface area contributed by atoms with Crippen molar-refractivity contribution in [2.75, 3.05) is 13.2 Å². The lowest BCUT2D eigenvalue weighted by Crippen LogP contribution is -2.32. The molecule has 6 nitrogen and oxygen atoms in total. The van der Waals surface area contributed by atoms with Crippen LogP contribution in [-0.2, 0) is 14.3 Å². The number of ether oxygens (including phenoxy) is 2. The minimum absolute atomic E-state index is 0.264. The lowest BCUT2D eigenvalue weighted by atomic mass is 10.1. The van der Waals surface area contributed by atoms with E-state index in [1.807, 2.05) is 0 Å². The van der Waals surface area contributed by atoms with Crippen molar-refractivity contribution in [3.8, 4) is 5.75 Å². The molecule has 0 aliphatic carbocycles. The molecule has 0 saturated carbocycles. The van der Waals surface area contributed by atoms with Crippen LogP contribution in [0.1, 0.15) is 28.9 Å². The molecule has 8 heteroatoms. The Morgan fingerprint density at radius 2 is 1.89 bits per heavy atom. The van der Waals surface area contributed by atoms with Crippen LogP contribution in [0.15, 0.2) is 42.5 Å². The number of carbonyl (C=O) groups is 3. The molecule has 1 amide bonds. The van der Waals surface area contributed by atoms with Crippen molar-refractivity contribution >= 4 is 41.4 Å². The summed E-state index contributed by atoms with van der Waals surface area (Å²) < 4.78 is 10.1. The van der Waals surface area contributed by atoms with Gasteiger partial charge in [-0.15, -0.1) is 0 Å². The number of hydrogen-bond donors (Lipinski definition) is 1. The van der Waals surface area contributed by atoms with E-state index in [-0.39, 0.29) is 5.75 Å². The van der Waals surface area contributed by atoms with Crippen LogP contribution in [0.25, 0.3) is 0 Å². The van der Waals surface area contributed by atoms with Gasteiger partial charge in [0.2, 0.25) is 0 Å². The van der Waals surface area contributed by atoms with Gasteiger partial charge in [0.15, 0.2) is 19.5 Å². The van der Waals surface area contributed by atoms with Gasteiger partial charge in [-0.05, 0) is 36.8 Å². The highest BCUT2D eigenvalue weighted by molar-refractivity contribution is 6.35. The van der Waals surface area contributed by atoms with Crippen LogP contribution in [0, 0.1) is 0 Å². The Balaban J connectivity index is 1.79. The van der Waals surface area contributed by atoms with Gasteiger partial charge < -0.3 is 14.8 Å². The average Bonchev–Trinajstić information content (AvgIpc) is 2.64. The fraction of sp³-hybridized carbons (Fsp3) is 0.211. The van der Waals surface area contributed by atoms with Gasteiger partial charge in [0.1, 0.15) is 5.75 Å². The Hall–Kier alpha value is -2.57. The van der Waals surface area contributed by atoms with Gasteiger partial charge in [0.25, 0.3) is 5.91 Å². The number of esters is 1. The summed E-state index contributed by atoms with van der Waals surface area (Å²) in [7, 11) is 0. The highest BCUT2D eigenvalue weighted by Gasteiger charge is 2.15. The van der Waals surface area contributed by atoms with Crippen molar-refractivity contribution in [2.45, 2.75) is 13.0 Å². The molecule has 0 aliphatic rings. The maximum Gasteiger partial charge on any atom is 0.344 e. The Morgan fingerprint density at radius 1 is 1.15 bits per heavy atom. The maximum absolute atomic E-state index is 11.9. The molecule has 2 aromatic carbocycles. The van der Waals surface area contributed by atoms with E-state index in [1.165, 1.54) is 0 Å². The van der Waals surface area contributed by atoms with Gasteiger partial charge in [-0.2, -0.15) is 0 Å². The normalized spacial score (nSPS) is 11.4. The predicted octanol–water partition coefficient (Wildman–Crippen LogP) is 3.61. The topological polar surface area (TPSA) is 81.7 Å². The van der Waals surface area contributed by atoms with E-state index in [0.717, 1.165) is 0 Å². The monoisotopic (exact) mass is 409 g/mol. The first-order chi connectivity index (χ1) is 12.9. The highest BCUT2D eigenvalue weighted by Crippen LogP contribution is 2.26. The first kappa shape index (κ1) is 20.7. The Morgan fingerprint density at radius 3 is 2.59 bits per heavy atom. The fourth-order valence-electron chi connectivity index (χ4n) is 2.25. The molecule has 2 aromatic rings. The van der Waals surface area contributed by atoms with Crippen LogP contribution < -0.4 is 10.1 Å². The van der Waals surface area contributed by atoms with Crippen LogP contribution in [-0.4, -0.2) is 31.4 Å². The molecule has 0 spiro atoms. The van der Waals surface area contributed by atoms with Crippen molar-refractivity contribution in [3.63, 3.8) is 0 Å². The molecule has 27 heavy (non-hydrogen) atoms. The van der Waals surface area contributed by atoms with E-state index < -0.39 is 31.1 Å². The second-order valence-electron chi connectivity index (χ2n) is 5.56. The van der Waals surface area contributed by atoms with Crippen molar-refractivity contribution in [2.24, 2.45) is 0 Å². The van der Waals surface area contributed by atoms with E-state index in [0.29, 0.717) is 27.5 Å². The van der Waals surface area contributed by atoms with Crippen molar-refractivity contribution < 1.29 is 23.9 Å². The van der Waals surface area contributed by atoms with Gasteiger partial charge >= 0.3 is 5.97 Å². The number of amides is 1. The van der Waals surface area contributed by atoms with Gasteiger partial charge in [0, 0.05) is 10.0 Å². The third-order valence-corrected chi connectivity index (χ3v) is 4.12. The summed E-state index contributed by atoms with van der Waals surface area (Å²) in [6, 6.07) is 11.0. The van der Waals surface area contributed by atoms with E-state index >= 15 is 0 Å². The standard InChI is InChI=1S/C19H17Cl2NO5/c1-12(15-7-6-14(20)8-16(15)21)22-18(24)10-27-19(25)11-26-17-5-3-2-4-13(17)9-23/h2-9,12H,10-11H2,1H3,(H,22,24)/t12-/m1/s1. The number of halogens is 2. The zero-order valence-electron chi connectivity index (χ0n) is 14.4. The summed E-state index contributed by atoms with van der Waals surface area (Å²) in [5.74, 6) is -0.960. The lowest BCUT2D eigenvalue weighted by molar-refractivity contribution is -0.150. The minimum atomic E-state index is -0.733. The zero-order chi connectivity index (χ0) is 19.8. The number of hydrogen-bond acceptors (Lipinski definition) is 5. The SMILES string of the molecule is C[C@@H](NC(=O)COC(=O)COc1ccccc1C=O)c1ccc(Cl)cc1Cl. The molecule has 0 radical (unpaired) electrons. The van der Waals surface area contributed by atoms with Gasteiger partial charge in [-0.25, -0.2) is 4.79 Å². The Bertz CT molecular complexity index is 841. The Labute approximate surface area is 166 Å². The second kappa shape index (κ2) is 9.94. The van der Waals surface area contributed by atoms with Crippen molar-refractivity contribution in [1.29, 1.82) is 0 Å². The van der Waals surface area contributed by atoms with E-state index in [9.17, 15) is 14.4 Å². The number of para-hydroxylation sites is 1. The number of benzene rings is 2. The molecule has 0 aromatic heterocycles. The molecule has 2 rings (SSSR count). The summed E-state index contributed by atoms with van der Waals surface area (Å²) in [6.07, 6.45) is 0.622. The summed E-state index contributed by atoms with van der Waals surface area (Å²) in [6.45, 7) is 0.859.